The number of carboxylic acids is 1. The van der Waals surface area contributed by atoms with E-state index in [2.05, 4.69) is 4.90 Å². The number of fused-ring (bicyclic) bond motifs is 1. The van der Waals surface area contributed by atoms with Gasteiger partial charge in [-0.15, -0.1) is 0 Å². The summed E-state index contributed by atoms with van der Waals surface area (Å²) in [6.45, 7) is 0.838. The van der Waals surface area contributed by atoms with E-state index in [-0.39, 0.29) is 5.56 Å². The Labute approximate surface area is 112 Å². The van der Waals surface area contributed by atoms with Crippen molar-refractivity contribution < 1.29 is 14.3 Å². The first-order valence-corrected chi connectivity index (χ1v) is 6.97. The summed E-state index contributed by atoms with van der Waals surface area (Å²) in [5.74, 6) is -1.16. The van der Waals surface area contributed by atoms with Crippen molar-refractivity contribution in [3.05, 3.63) is 29.6 Å². The topological polar surface area (TPSA) is 40.5 Å². The summed E-state index contributed by atoms with van der Waals surface area (Å²) in [6, 6.07) is 4.97. The lowest BCUT2D eigenvalue weighted by molar-refractivity contribution is 0.0692. The molecule has 2 atom stereocenters. The zero-order valence-corrected chi connectivity index (χ0v) is 10.8. The van der Waals surface area contributed by atoms with E-state index < -0.39 is 11.8 Å². The minimum absolute atomic E-state index is 0.171. The van der Waals surface area contributed by atoms with Crippen LogP contribution in [0.1, 0.15) is 42.5 Å². The lowest BCUT2D eigenvalue weighted by atomic mass is 9.91. The van der Waals surface area contributed by atoms with E-state index in [9.17, 15) is 14.3 Å². The molecule has 3 rings (SSSR count). The third-order valence-corrected chi connectivity index (χ3v) is 4.51. The van der Waals surface area contributed by atoms with Crippen LogP contribution in [0.3, 0.4) is 0 Å². The SMILES string of the molecule is O=C(O)c1c(F)cccc1N1CCCC2CCCC21. The van der Waals surface area contributed by atoms with Crippen LogP contribution in [0.15, 0.2) is 18.2 Å². The van der Waals surface area contributed by atoms with Gasteiger partial charge in [-0.2, -0.15) is 0 Å². The Kier molecular flexibility index (Phi) is 3.17. The maximum absolute atomic E-state index is 13.8. The molecule has 0 bridgehead atoms. The van der Waals surface area contributed by atoms with Crippen LogP contribution >= 0.6 is 0 Å². The van der Waals surface area contributed by atoms with Gasteiger partial charge >= 0.3 is 5.97 Å². The van der Waals surface area contributed by atoms with Gasteiger partial charge in [-0.3, -0.25) is 0 Å². The molecule has 19 heavy (non-hydrogen) atoms. The molecule has 1 aromatic rings. The van der Waals surface area contributed by atoms with Gasteiger partial charge in [0.2, 0.25) is 0 Å². The molecular weight excluding hydrogens is 245 g/mol. The van der Waals surface area contributed by atoms with Gasteiger partial charge in [0, 0.05) is 12.6 Å². The first kappa shape index (κ1) is 12.5. The standard InChI is InChI=1S/C15H18FNO2/c16-11-6-2-8-13(14(11)15(18)19)17-9-3-5-10-4-1-7-12(10)17/h2,6,8,10,12H,1,3-5,7,9H2,(H,18,19). The second-order valence-corrected chi connectivity index (χ2v) is 5.53. The molecule has 4 heteroatoms. The number of aromatic carboxylic acids is 1. The molecule has 1 saturated carbocycles. The fourth-order valence-corrected chi connectivity index (χ4v) is 3.72. The summed E-state index contributed by atoms with van der Waals surface area (Å²) < 4.78 is 13.8. The molecule has 1 saturated heterocycles. The zero-order valence-electron chi connectivity index (χ0n) is 10.8. The number of anilines is 1. The highest BCUT2D eigenvalue weighted by Gasteiger charge is 2.36. The highest BCUT2D eigenvalue weighted by Crippen LogP contribution is 2.40. The van der Waals surface area contributed by atoms with Crippen LogP contribution in [-0.4, -0.2) is 23.7 Å². The summed E-state index contributed by atoms with van der Waals surface area (Å²) in [6.07, 6.45) is 5.80. The smallest absolute Gasteiger partial charge is 0.340 e. The first-order chi connectivity index (χ1) is 9.18. The fraction of sp³-hybridized carbons (Fsp3) is 0.533. The number of benzene rings is 1. The van der Waals surface area contributed by atoms with Crippen molar-refractivity contribution in [3.8, 4) is 0 Å². The van der Waals surface area contributed by atoms with Crippen molar-refractivity contribution >= 4 is 11.7 Å². The molecule has 1 aliphatic heterocycles. The van der Waals surface area contributed by atoms with Crippen LogP contribution in [0.2, 0.25) is 0 Å². The molecule has 2 unspecified atom stereocenters. The molecule has 0 radical (unpaired) electrons. The van der Waals surface area contributed by atoms with E-state index in [4.69, 9.17) is 0 Å². The van der Waals surface area contributed by atoms with Crippen LogP contribution in [-0.2, 0) is 0 Å². The van der Waals surface area contributed by atoms with Crippen LogP contribution in [0.5, 0.6) is 0 Å². The van der Waals surface area contributed by atoms with Gasteiger partial charge in [-0.25, -0.2) is 9.18 Å². The number of hydrogen-bond acceptors (Lipinski definition) is 2. The molecule has 2 aliphatic rings. The third kappa shape index (κ3) is 2.09. The predicted octanol–water partition coefficient (Wildman–Crippen LogP) is 3.29. The van der Waals surface area contributed by atoms with Gasteiger partial charge < -0.3 is 10.0 Å². The molecule has 1 N–H and O–H groups in total. The molecule has 1 aromatic carbocycles. The Hall–Kier alpha value is -1.58. The van der Waals surface area contributed by atoms with Crippen molar-refractivity contribution in [3.63, 3.8) is 0 Å². The number of nitrogens with zero attached hydrogens (tertiary/aromatic N) is 1. The van der Waals surface area contributed by atoms with Crippen LogP contribution in [0, 0.1) is 11.7 Å². The summed E-state index contributed by atoms with van der Waals surface area (Å²) in [5, 5.41) is 9.25. The lowest BCUT2D eigenvalue weighted by Crippen LogP contribution is -2.43. The Morgan fingerprint density at radius 3 is 2.84 bits per heavy atom. The molecule has 2 fully saturated rings. The van der Waals surface area contributed by atoms with Gasteiger partial charge in [0.1, 0.15) is 11.4 Å². The number of piperidine rings is 1. The molecule has 102 valence electrons. The lowest BCUT2D eigenvalue weighted by Gasteiger charge is -2.40. The normalized spacial score (nSPS) is 26.3. The predicted molar refractivity (Wildman–Crippen MR) is 71.1 cm³/mol. The Morgan fingerprint density at radius 2 is 2.05 bits per heavy atom. The number of hydrogen-bond donors (Lipinski definition) is 1. The molecular formula is C15H18FNO2. The first-order valence-electron chi connectivity index (χ1n) is 6.97. The van der Waals surface area contributed by atoms with Crippen molar-refractivity contribution in [2.24, 2.45) is 5.92 Å². The number of rotatable bonds is 2. The van der Waals surface area contributed by atoms with Crippen LogP contribution in [0.25, 0.3) is 0 Å². The highest BCUT2D eigenvalue weighted by atomic mass is 19.1. The number of carbonyl (C=O) groups is 1. The Bertz CT molecular complexity index is 503. The fourth-order valence-electron chi connectivity index (χ4n) is 3.72. The molecule has 1 heterocycles. The van der Waals surface area contributed by atoms with E-state index in [1.54, 1.807) is 12.1 Å². The van der Waals surface area contributed by atoms with Gasteiger partial charge in [-0.1, -0.05) is 12.5 Å². The number of halogens is 1. The minimum atomic E-state index is -1.17. The Balaban J connectivity index is 2.01. The van der Waals surface area contributed by atoms with E-state index in [0.29, 0.717) is 17.6 Å². The summed E-state index contributed by atoms with van der Waals surface area (Å²) in [7, 11) is 0. The summed E-state index contributed by atoms with van der Waals surface area (Å²) in [4.78, 5) is 13.4. The van der Waals surface area contributed by atoms with Crippen molar-refractivity contribution in [1.29, 1.82) is 0 Å². The quantitative estimate of drug-likeness (QED) is 0.890. The maximum atomic E-state index is 13.8. The average molecular weight is 263 g/mol. The second-order valence-electron chi connectivity index (χ2n) is 5.53. The van der Waals surface area contributed by atoms with Gasteiger partial charge in [0.25, 0.3) is 0 Å². The molecule has 3 nitrogen and oxygen atoms in total. The van der Waals surface area contributed by atoms with Gasteiger partial charge in [-0.05, 0) is 43.7 Å². The van der Waals surface area contributed by atoms with Gasteiger partial charge in [0.05, 0.1) is 5.69 Å². The van der Waals surface area contributed by atoms with Crippen LogP contribution < -0.4 is 4.90 Å². The summed E-state index contributed by atoms with van der Waals surface area (Å²) in [5.41, 5.74) is 0.388. The van der Waals surface area contributed by atoms with E-state index in [1.165, 1.54) is 25.3 Å². The van der Waals surface area contributed by atoms with E-state index >= 15 is 0 Å². The zero-order chi connectivity index (χ0) is 13.4. The van der Waals surface area contributed by atoms with Crippen molar-refractivity contribution in [1.82, 2.24) is 0 Å². The van der Waals surface area contributed by atoms with E-state index in [1.807, 2.05) is 0 Å². The van der Waals surface area contributed by atoms with Crippen molar-refractivity contribution in [2.75, 3.05) is 11.4 Å². The third-order valence-electron chi connectivity index (χ3n) is 4.51. The summed E-state index contributed by atoms with van der Waals surface area (Å²) >= 11 is 0. The Morgan fingerprint density at radius 1 is 1.26 bits per heavy atom. The number of carboxylic acid groups (broad SMARTS) is 1. The molecule has 0 spiro atoms. The van der Waals surface area contributed by atoms with Gasteiger partial charge in [0.15, 0.2) is 0 Å². The average Bonchev–Trinajstić information content (AvgIpc) is 2.85. The molecule has 0 amide bonds. The second kappa shape index (κ2) is 4.83. The largest absolute Gasteiger partial charge is 0.478 e. The molecule has 0 aromatic heterocycles. The minimum Gasteiger partial charge on any atom is -0.478 e. The van der Waals surface area contributed by atoms with E-state index in [0.717, 1.165) is 19.4 Å². The molecule has 1 aliphatic carbocycles. The maximum Gasteiger partial charge on any atom is 0.340 e. The monoisotopic (exact) mass is 263 g/mol. The van der Waals surface area contributed by atoms with Crippen molar-refractivity contribution in [2.45, 2.75) is 38.1 Å². The highest BCUT2D eigenvalue weighted by molar-refractivity contribution is 5.94. The van der Waals surface area contributed by atoms with Crippen LogP contribution in [0.4, 0.5) is 10.1 Å².